The zero-order valence-electron chi connectivity index (χ0n) is 15.4. The van der Waals surface area contributed by atoms with Crippen LogP contribution in [0.3, 0.4) is 0 Å². The van der Waals surface area contributed by atoms with Gasteiger partial charge in [0, 0.05) is 29.7 Å². The van der Waals surface area contributed by atoms with Gasteiger partial charge >= 0.3 is 0 Å². The number of nitrogens with zero attached hydrogens (tertiary/aromatic N) is 2. The molecule has 1 aliphatic heterocycles. The standard InChI is InChI=1S/C19H27ClN2O3S/c1-3-21(16-10-11-26(24,25)13-16)19(23)12-22(15-8-9-15)14(2)17-6-4-5-7-18(17)20/h4-7,14-16H,3,8-13H2,1-2H3. The highest BCUT2D eigenvalue weighted by molar-refractivity contribution is 7.91. The summed E-state index contributed by atoms with van der Waals surface area (Å²) < 4.78 is 23.6. The molecule has 2 aliphatic rings. The summed E-state index contributed by atoms with van der Waals surface area (Å²) in [6, 6.07) is 8.02. The van der Waals surface area contributed by atoms with Crippen molar-refractivity contribution in [1.82, 2.24) is 9.80 Å². The molecule has 1 saturated carbocycles. The normalized spacial score (nSPS) is 23.2. The molecule has 1 aromatic carbocycles. The molecule has 1 aromatic rings. The molecular formula is C19H27ClN2O3S. The van der Waals surface area contributed by atoms with Crippen LogP contribution in [-0.4, -0.2) is 60.8 Å². The largest absolute Gasteiger partial charge is 0.338 e. The zero-order valence-corrected chi connectivity index (χ0v) is 17.0. The van der Waals surface area contributed by atoms with Gasteiger partial charge in [-0.2, -0.15) is 0 Å². The molecule has 2 unspecified atom stereocenters. The lowest BCUT2D eigenvalue weighted by Gasteiger charge is -2.33. The first-order valence-corrected chi connectivity index (χ1v) is 11.5. The van der Waals surface area contributed by atoms with E-state index in [4.69, 9.17) is 11.6 Å². The molecule has 5 nitrogen and oxygen atoms in total. The Morgan fingerprint density at radius 1 is 1.23 bits per heavy atom. The second kappa shape index (κ2) is 7.87. The number of hydrogen-bond donors (Lipinski definition) is 0. The van der Waals surface area contributed by atoms with Gasteiger partial charge in [-0.1, -0.05) is 29.8 Å². The lowest BCUT2D eigenvalue weighted by Crippen LogP contribution is -2.47. The highest BCUT2D eigenvalue weighted by Crippen LogP contribution is 2.36. The highest BCUT2D eigenvalue weighted by atomic mass is 35.5. The zero-order chi connectivity index (χ0) is 18.9. The van der Waals surface area contributed by atoms with E-state index in [-0.39, 0.29) is 29.5 Å². The van der Waals surface area contributed by atoms with E-state index in [1.54, 1.807) is 4.90 Å². The second-order valence-corrected chi connectivity index (χ2v) is 9.97. The van der Waals surface area contributed by atoms with Crippen molar-refractivity contribution < 1.29 is 13.2 Å². The maximum atomic E-state index is 13.0. The van der Waals surface area contributed by atoms with Crippen LogP contribution in [0.1, 0.15) is 44.7 Å². The van der Waals surface area contributed by atoms with E-state index in [0.717, 1.165) is 18.4 Å². The average molecular weight is 399 g/mol. The first-order chi connectivity index (χ1) is 12.3. The minimum Gasteiger partial charge on any atom is -0.338 e. The molecule has 1 saturated heterocycles. The van der Waals surface area contributed by atoms with E-state index in [0.29, 0.717) is 30.6 Å². The lowest BCUT2D eigenvalue weighted by molar-refractivity contribution is -0.134. The Hall–Kier alpha value is -1.11. The van der Waals surface area contributed by atoms with Gasteiger partial charge < -0.3 is 4.90 Å². The monoisotopic (exact) mass is 398 g/mol. The molecule has 2 fully saturated rings. The third-order valence-electron chi connectivity index (χ3n) is 5.50. The van der Waals surface area contributed by atoms with Gasteiger partial charge in [-0.15, -0.1) is 0 Å². The molecule has 144 valence electrons. The predicted molar refractivity (Wildman–Crippen MR) is 104 cm³/mol. The number of rotatable bonds is 7. The smallest absolute Gasteiger partial charge is 0.237 e. The Bertz CT molecular complexity index is 764. The minimum atomic E-state index is -3.01. The molecule has 0 bridgehead atoms. The molecule has 3 rings (SSSR count). The molecule has 0 aromatic heterocycles. The molecule has 26 heavy (non-hydrogen) atoms. The van der Waals surface area contributed by atoms with Crippen LogP contribution in [0.15, 0.2) is 24.3 Å². The Balaban J connectivity index is 1.73. The summed E-state index contributed by atoms with van der Waals surface area (Å²) in [5, 5.41) is 0.715. The summed E-state index contributed by atoms with van der Waals surface area (Å²) >= 11 is 6.36. The number of benzene rings is 1. The van der Waals surface area contributed by atoms with E-state index < -0.39 is 9.84 Å². The van der Waals surface area contributed by atoms with Gasteiger partial charge in [0.15, 0.2) is 9.84 Å². The van der Waals surface area contributed by atoms with Gasteiger partial charge in [0.25, 0.3) is 0 Å². The van der Waals surface area contributed by atoms with Crippen LogP contribution in [-0.2, 0) is 14.6 Å². The van der Waals surface area contributed by atoms with Crippen LogP contribution in [0.4, 0.5) is 0 Å². The molecule has 0 radical (unpaired) electrons. The first kappa shape index (κ1) is 19.6. The van der Waals surface area contributed by atoms with E-state index in [9.17, 15) is 13.2 Å². The SMILES string of the molecule is CCN(C(=O)CN(C1CC1)C(C)c1ccccc1Cl)C1CCS(=O)(=O)C1. The minimum absolute atomic E-state index is 0.0143. The molecule has 1 amide bonds. The number of carbonyl (C=O) groups excluding carboxylic acids is 1. The summed E-state index contributed by atoms with van der Waals surface area (Å²) in [5.74, 6) is 0.292. The van der Waals surface area contributed by atoms with E-state index in [1.807, 2.05) is 31.2 Å². The summed E-state index contributed by atoms with van der Waals surface area (Å²) in [6.07, 6.45) is 2.73. The fourth-order valence-corrected chi connectivity index (χ4v) is 5.91. The van der Waals surface area contributed by atoms with Crippen molar-refractivity contribution in [3.63, 3.8) is 0 Å². The van der Waals surface area contributed by atoms with E-state index in [1.165, 1.54) is 0 Å². The first-order valence-electron chi connectivity index (χ1n) is 9.32. The van der Waals surface area contributed by atoms with Crippen LogP contribution >= 0.6 is 11.6 Å². The van der Waals surface area contributed by atoms with Crippen LogP contribution in [0.5, 0.6) is 0 Å². The van der Waals surface area contributed by atoms with Crippen molar-refractivity contribution in [2.24, 2.45) is 0 Å². The Kier molecular flexibility index (Phi) is 5.94. The molecule has 1 heterocycles. The average Bonchev–Trinajstić information content (AvgIpc) is 3.37. The van der Waals surface area contributed by atoms with Crippen LogP contribution in [0, 0.1) is 0 Å². The Morgan fingerprint density at radius 3 is 2.46 bits per heavy atom. The third-order valence-corrected chi connectivity index (χ3v) is 7.59. The summed E-state index contributed by atoms with van der Waals surface area (Å²) in [4.78, 5) is 17.0. The van der Waals surface area contributed by atoms with Crippen molar-refractivity contribution in [2.45, 2.75) is 51.2 Å². The van der Waals surface area contributed by atoms with Gasteiger partial charge in [0.2, 0.25) is 5.91 Å². The molecule has 1 aliphatic carbocycles. The van der Waals surface area contributed by atoms with Crippen LogP contribution < -0.4 is 0 Å². The number of sulfone groups is 1. The number of likely N-dealkylation sites (N-methyl/N-ethyl adjacent to an activating group) is 1. The lowest BCUT2D eigenvalue weighted by atomic mass is 10.1. The van der Waals surface area contributed by atoms with Crippen molar-refractivity contribution in [2.75, 3.05) is 24.6 Å². The molecular weight excluding hydrogens is 372 g/mol. The molecule has 0 spiro atoms. The maximum absolute atomic E-state index is 13.0. The van der Waals surface area contributed by atoms with Gasteiger partial charge in [0.05, 0.1) is 18.1 Å². The Morgan fingerprint density at radius 2 is 1.92 bits per heavy atom. The quantitative estimate of drug-likeness (QED) is 0.708. The van der Waals surface area contributed by atoms with Gasteiger partial charge in [-0.3, -0.25) is 9.69 Å². The van der Waals surface area contributed by atoms with Gasteiger partial charge in [-0.05, 0) is 44.7 Å². The van der Waals surface area contributed by atoms with Crippen molar-refractivity contribution in [1.29, 1.82) is 0 Å². The predicted octanol–water partition coefficient (Wildman–Crippen LogP) is 2.90. The maximum Gasteiger partial charge on any atom is 0.237 e. The van der Waals surface area contributed by atoms with E-state index in [2.05, 4.69) is 11.8 Å². The fraction of sp³-hybridized carbons (Fsp3) is 0.632. The van der Waals surface area contributed by atoms with Crippen molar-refractivity contribution in [3.05, 3.63) is 34.9 Å². The van der Waals surface area contributed by atoms with Crippen molar-refractivity contribution in [3.8, 4) is 0 Å². The highest BCUT2D eigenvalue weighted by Gasteiger charge is 2.38. The molecule has 7 heteroatoms. The fourth-order valence-electron chi connectivity index (χ4n) is 3.89. The molecule has 0 N–H and O–H groups in total. The summed E-state index contributed by atoms with van der Waals surface area (Å²) in [6.45, 7) is 4.85. The topological polar surface area (TPSA) is 57.7 Å². The Labute approximate surface area is 161 Å². The van der Waals surface area contributed by atoms with Gasteiger partial charge in [0.1, 0.15) is 0 Å². The van der Waals surface area contributed by atoms with Crippen LogP contribution in [0.2, 0.25) is 5.02 Å². The molecule has 2 atom stereocenters. The van der Waals surface area contributed by atoms with Crippen molar-refractivity contribution >= 4 is 27.3 Å². The number of carbonyl (C=O) groups is 1. The number of amides is 1. The van der Waals surface area contributed by atoms with E-state index >= 15 is 0 Å². The number of halogens is 1. The third kappa shape index (κ3) is 4.41. The number of hydrogen-bond acceptors (Lipinski definition) is 4. The second-order valence-electron chi connectivity index (χ2n) is 7.34. The van der Waals surface area contributed by atoms with Crippen LogP contribution in [0.25, 0.3) is 0 Å². The summed E-state index contributed by atoms with van der Waals surface area (Å²) in [7, 11) is -3.01. The summed E-state index contributed by atoms with van der Waals surface area (Å²) in [5.41, 5.74) is 1.03. The van der Waals surface area contributed by atoms with Gasteiger partial charge in [-0.25, -0.2) is 8.42 Å².